The fraction of sp³-hybridized carbons (Fsp3) is 0.346. The molecule has 0 saturated carbocycles. The maximum Gasteiger partial charge on any atom is 0.250 e. The Morgan fingerprint density at radius 3 is 2.79 bits per heavy atom. The molecule has 7 heteroatoms. The van der Waals surface area contributed by atoms with Crippen molar-refractivity contribution in [3.8, 4) is 22.8 Å². The maximum atomic E-state index is 12.5. The van der Waals surface area contributed by atoms with Gasteiger partial charge in [0.15, 0.2) is 0 Å². The molecule has 2 saturated heterocycles. The minimum Gasteiger partial charge on any atom is -0.456 e. The van der Waals surface area contributed by atoms with Crippen LogP contribution in [0.4, 0.5) is 11.4 Å². The summed E-state index contributed by atoms with van der Waals surface area (Å²) >= 11 is 0. The molecule has 0 amide bonds. The van der Waals surface area contributed by atoms with Crippen LogP contribution in [0.2, 0.25) is 0 Å². The molecule has 170 valence electrons. The number of rotatable bonds is 4. The van der Waals surface area contributed by atoms with Gasteiger partial charge >= 0.3 is 0 Å². The van der Waals surface area contributed by atoms with Crippen LogP contribution in [0.1, 0.15) is 17.5 Å². The number of nitrogens with one attached hydrogen (secondary N) is 3. The number of ether oxygens (including phenoxy) is 2. The summed E-state index contributed by atoms with van der Waals surface area (Å²) in [5, 5.41) is 7.02. The van der Waals surface area contributed by atoms with Gasteiger partial charge in [-0.15, -0.1) is 0 Å². The van der Waals surface area contributed by atoms with E-state index in [1.165, 1.54) is 5.56 Å². The third kappa shape index (κ3) is 4.10. The quantitative estimate of drug-likeness (QED) is 0.448. The predicted molar refractivity (Wildman–Crippen MR) is 130 cm³/mol. The van der Waals surface area contributed by atoms with Crippen LogP contribution in [0.5, 0.6) is 11.5 Å². The Kier molecular flexibility index (Phi) is 5.28. The van der Waals surface area contributed by atoms with Gasteiger partial charge in [-0.25, -0.2) is 0 Å². The van der Waals surface area contributed by atoms with Crippen molar-refractivity contribution in [2.24, 2.45) is 0 Å². The normalized spacial score (nSPS) is 19.5. The second-order valence-electron chi connectivity index (χ2n) is 8.95. The van der Waals surface area contributed by atoms with Gasteiger partial charge in [-0.1, -0.05) is 12.1 Å². The number of hydrogen-bond acceptors (Lipinski definition) is 6. The molecule has 1 aromatic heterocycles. The van der Waals surface area contributed by atoms with E-state index in [1.54, 1.807) is 6.07 Å². The van der Waals surface area contributed by atoms with Gasteiger partial charge in [0.25, 0.3) is 0 Å². The Morgan fingerprint density at radius 1 is 1.03 bits per heavy atom. The Bertz CT molecular complexity index is 1230. The summed E-state index contributed by atoms with van der Waals surface area (Å²) < 4.78 is 11.9. The molecule has 3 aromatic rings. The molecular formula is C26H28N4O3. The van der Waals surface area contributed by atoms with Crippen LogP contribution in [0.15, 0.2) is 53.3 Å². The second kappa shape index (κ2) is 8.57. The number of H-pyrrole nitrogens is 1. The SMILES string of the molecule is O=c1cc(N2CCOCC2)cc(-c2cccc3c2Oc2ccc(NC4CCNC4)cc2C3)[nH]1. The minimum atomic E-state index is -0.111. The molecule has 33 heavy (non-hydrogen) atoms. The minimum absolute atomic E-state index is 0.111. The lowest BCUT2D eigenvalue weighted by Gasteiger charge is -2.29. The average Bonchev–Trinajstić information content (AvgIpc) is 3.35. The standard InChI is InChI=1S/C26H28N4O3/c31-25-15-21(30-8-10-32-11-9-30)14-23(29-25)22-3-1-2-17-12-18-13-19(28-20-6-7-27-16-20)4-5-24(18)33-26(17)22/h1-5,13-15,20,27-28H,6-12,16H2,(H,29,31). The van der Waals surface area contributed by atoms with E-state index in [-0.39, 0.29) is 5.56 Å². The van der Waals surface area contributed by atoms with Crippen LogP contribution in [0.3, 0.4) is 0 Å². The molecule has 7 nitrogen and oxygen atoms in total. The van der Waals surface area contributed by atoms with Gasteiger partial charge in [0.05, 0.1) is 18.9 Å². The van der Waals surface area contributed by atoms with Crippen LogP contribution < -0.4 is 25.8 Å². The molecule has 3 N–H and O–H groups in total. The largest absolute Gasteiger partial charge is 0.456 e. The van der Waals surface area contributed by atoms with E-state index < -0.39 is 0 Å². The molecule has 1 atom stereocenters. The van der Waals surface area contributed by atoms with E-state index in [9.17, 15) is 4.79 Å². The van der Waals surface area contributed by atoms with E-state index in [0.29, 0.717) is 19.3 Å². The number of benzene rings is 2. The number of fused-ring (bicyclic) bond motifs is 2. The van der Waals surface area contributed by atoms with Gasteiger partial charge in [-0.2, -0.15) is 0 Å². The highest BCUT2D eigenvalue weighted by Gasteiger charge is 2.23. The molecule has 0 aliphatic carbocycles. The van der Waals surface area contributed by atoms with Crippen LogP contribution >= 0.6 is 0 Å². The van der Waals surface area contributed by atoms with E-state index in [2.05, 4.69) is 38.7 Å². The smallest absolute Gasteiger partial charge is 0.250 e. The summed E-state index contributed by atoms with van der Waals surface area (Å²) in [6, 6.07) is 16.7. The van der Waals surface area contributed by atoms with Gasteiger partial charge < -0.3 is 30.0 Å². The first-order chi connectivity index (χ1) is 16.2. The molecular weight excluding hydrogens is 416 g/mol. The number of aromatic nitrogens is 1. The van der Waals surface area contributed by atoms with Crippen molar-refractivity contribution in [2.45, 2.75) is 18.9 Å². The predicted octanol–water partition coefficient (Wildman–Crippen LogP) is 3.35. The highest BCUT2D eigenvalue weighted by atomic mass is 16.5. The highest BCUT2D eigenvalue weighted by molar-refractivity contribution is 5.74. The summed E-state index contributed by atoms with van der Waals surface area (Å²) in [4.78, 5) is 17.7. The van der Waals surface area contributed by atoms with Gasteiger partial charge in [0.1, 0.15) is 11.5 Å². The monoisotopic (exact) mass is 444 g/mol. The molecule has 4 heterocycles. The molecule has 0 spiro atoms. The summed E-state index contributed by atoms with van der Waals surface area (Å²) in [5.41, 5.74) is 5.92. The van der Waals surface area contributed by atoms with Crippen LogP contribution in [-0.4, -0.2) is 50.4 Å². The summed E-state index contributed by atoms with van der Waals surface area (Å²) in [6.07, 6.45) is 1.94. The van der Waals surface area contributed by atoms with E-state index in [0.717, 1.165) is 78.7 Å². The first kappa shape index (κ1) is 20.3. The molecule has 2 fully saturated rings. The van der Waals surface area contributed by atoms with Gasteiger partial charge in [0, 0.05) is 60.7 Å². The summed E-state index contributed by atoms with van der Waals surface area (Å²) in [6.45, 7) is 4.99. The third-order valence-electron chi connectivity index (χ3n) is 6.68. The Balaban J connectivity index is 1.31. The van der Waals surface area contributed by atoms with Crippen LogP contribution in [-0.2, 0) is 11.2 Å². The molecule has 0 bridgehead atoms. The maximum absolute atomic E-state index is 12.5. The fourth-order valence-electron chi connectivity index (χ4n) is 4.97. The van der Waals surface area contributed by atoms with Crippen LogP contribution in [0.25, 0.3) is 11.3 Å². The zero-order chi connectivity index (χ0) is 22.2. The molecule has 1 unspecified atom stereocenters. The molecule has 0 radical (unpaired) electrons. The zero-order valence-electron chi connectivity index (χ0n) is 18.5. The summed E-state index contributed by atoms with van der Waals surface area (Å²) in [5.74, 6) is 1.69. The van der Waals surface area contributed by atoms with Gasteiger partial charge in [-0.3, -0.25) is 4.79 Å². The first-order valence-corrected chi connectivity index (χ1v) is 11.7. The van der Waals surface area contributed by atoms with Crippen LogP contribution in [0, 0.1) is 0 Å². The second-order valence-corrected chi connectivity index (χ2v) is 8.95. The number of hydrogen-bond donors (Lipinski definition) is 3. The van der Waals surface area contributed by atoms with E-state index in [4.69, 9.17) is 9.47 Å². The van der Waals surface area contributed by atoms with Crippen molar-refractivity contribution in [1.82, 2.24) is 10.3 Å². The lowest BCUT2D eigenvalue weighted by Crippen LogP contribution is -2.36. The van der Waals surface area contributed by atoms with Crippen molar-refractivity contribution < 1.29 is 9.47 Å². The highest BCUT2D eigenvalue weighted by Crippen LogP contribution is 2.43. The van der Waals surface area contributed by atoms with Crippen molar-refractivity contribution in [1.29, 1.82) is 0 Å². The molecule has 3 aliphatic heterocycles. The van der Waals surface area contributed by atoms with Crippen molar-refractivity contribution in [2.75, 3.05) is 49.6 Å². The number of morpholine rings is 1. The van der Waals surface area contributed by atoms with E-state index in [1.807, 2.05) is 24.3 Å². The zero-order valence-corrected chi connectivity index (χ0v) is 18.5. The van der Waals surface area contributed by atoms with Gasteiger partial charge in [0.2, 0.25) is 5.56 Å². The Morgan fingerprint density at radius 2 is 1.94 bits per heavy atom. The lowest BCUT2D eigenvalue weighted by molar-refractivity contribution is 0.122. The van der Waals surface area contributed by atoms with Crippen molar-refractivity contribution in [3.63, 3.8) is 0 Å². The Hall–Kier alpha value is -3.29. The summed E-state index contributed by atoms with van der Waals surface area (Å²) in [7, 11) is 0. The van der Waals surface area contributed by atoms with E-state index >= 15 is 0 Å². The lowest BCUT2D eigenvalue weighted by atomic mass is 9.96. The number of aromatic amines is 1. The molecule has 6 rings (SSSR count). The van der Waals surface area contributed by atoms with Gasteiger partial charge in [-0.05, 0) is 48.9 Å². The topological polar surface area (TPSA) is 78.6 Å². The molecule has 2 aromatic carbocycles. The number of pyridine rings is 1. The van der Waals surface area contributed by atoms with Crippen molar-refractivity contribution >= 4 is 11.4 Å². The average molecular weight is 445 g/mol. The Labute approximate surface area is 192 Å². The first-order valence-electron chi connectivity index (χ1n) is 11.7. The molecule has 3 aliphatic rings. The number of nitrogens with zero attached hydrogens (tertiary/aromatic N) is 1. The third-order valence-corrected chi connectivity index (χ3v) is 6.68. The number of para-hydroxylation sites is 1. The van der Waals surface area contributed by atoms with Crippen molar-refractivity contribution in [3.05, 3.63) is 70.0 Å². The fourth-order valence-corrected chi connectivity index (χ4v) is 4.97. The number of anilines is 2.